The second-order valence-electron chi connectivity index (χ2n) is 6.05. The molecule has 10 heteroatoms. The molecule has 2 aromatic carbocycles. The number of benzene rings is 2. The molecule has 1 N–H and O–H groups in total. The molecular weight excluding hydrogens is 447 g/mol. The Morgan fingerprint density at radius 3 is 2.60 bits per heavy atom. The summed E-state index contributed by atoms with van der Waals surface area (Å²) in [5.74, 6) is 1.92. The first-order valence-electron chi connectivity index (χ1n) is 9.07. The second kappa shape index (κ2) is 10.6. The maximum atomic E-state index is 12.3. The number of carbonyl (C=O) groups excluding carboxylic acids is 1. The summed E-state index contributed by atoms with van der Waals surface area (Å²) in [6, 6.07) is 12.3. The number of nitrogens with zero attached hydrogens (tertiary/aromatic N) is 3. The number of para-hydroxylation sites is 2. The first kappa shape index (κ1) is 22.3. The summed E-state index contributed by atoms with van der Waals surface area (Å²) in [5.41, 5.74) is 0.581. The van der Waals surface area contributed by atoms with Crippen molar-refractivity contribution in [2.45, 2.75) is 25.2 Å². The first-order valence-corrected chi connectivity index (χ1v) is 10.8. The Labute approximate surface area is 188 Å². The van der Waals surface area contributed by atoms with Crippen molar-refractivity contribution in [1.29, 1.82) is 0 Å². The maximum absolute atomic E-state index is 12.3. The lowest BCUT2D eigenvalue weighted by molar-refractivity contribution is -0.113. The van der Waals surface area contributed by atoms with Crippen molar-refractivity contribution in [3.8, 4) is 11.5 Å². The van der Waals surface area contributed by atoms with Gasteiger partial charge in [0, 0.05) is 12.2 Å². The summed E-state index contributed by atoms with van der Waals surface area (Å²) >= 11 is 13.2. The number of anilines is 1. The molecule has 158 valence electrons. The van der Waals surface area contributed by atoms with Crippen LogP contribution in [0, 0.1) is 0 Å². The van der Waals surface area contributed by atoms with Gasteiger partial charge in [-0.2, -0.15) is 0 Å². The quantitative estimate of drug-likeness (QED) is 0.450. The third-order valence-corrected chi connectivity index (χ3v) is 5.78. The summed E-state index contributed by atoms with van der Waals surface area (Å²) < 4.78 is 13.0. The minimum absolute atomic E-state index is 0.172. The summed E-state index contributed by atoms with van der Waals surface area (Å²) in [7, 11) is 1.59. The fourth-order valence-corrected chi connectivity index (χ4v) is 3.75. The Kier molecular flexibility index (Phi) is 7.84. The van der Waals surface area contributed by atoms with Crippen molar-refractivity contribution in [2.75, 3.05) is 18.2 Å². The average molecular weight is 467 g/mol. The van der Waals surface area contributed by atoms with Crippen LogP contribution in [0.5, 0.6) is 11.5 Å². The van der Waals surface area contributed by atoms with Crippen LogP contribution in [0.25, 0.3) is 0 Å². The van der Waals surface area contributed by atoms with Gasteiger partial charge >= 0.3 is 0 Å². The van der Waals surface area contributed by atoms with Gasteiger partial charge in [-0.15, -0.1) is 10.2 Å². The molecule has 0 saturated carbocycles. The van der Waals surface area contributed by atoms with E-state index in [0.717, 1.165) is 0 Å². The molecule has 1 amide bonds. The molecule has 0 unspecified atom stereocenters. The van der Waals surface area contributed by atoms with E-state index in [0.29, 0.717) is 44.8 Å². The molecule has 0 aliphatic carbocycles. The topological polar surface area (TPSA) is 78.3 Å². The van der Waals surface area contributed by atoms with Gasteiger partial charge in [0.05, 0.1) is 22.9 Å². The molecule has 0 aliphatic heterocycles. The Hall–Kier alpha value is -2.42. The molecule has 7 nitrogen and oxygen atoms in total. The predicted octanol–water partition coefficient (Wildman–Crippen LogP) is 4.92. The van der Waals surface area contributed by atoms with Crippen LogP contribution < -0.4 is 14.8 Å². The van der Waals surface area contributed by atoms with Gasteiger partial charge in [0.25, 0.3) is 0 Å². The van der Waals surface area contributed by atoms with Crippen LogP contribution in [-0.4, -0.2) is 33.5 Å². The number of methoxy groups -OCH3 is 1. The van der Waals surface area contributed by atoms with E-state index in [2.05, 4.69) is 15.5 Å². The second-order valence-corrected chi connectivity index (χ2v) is 7.81. The zero-order valence-corrected chi connectivity index (χ0v) is 18.7. The number of carbonyl (C=O) groups is 1. The molecule has 0 bridgehead atoms. The third-order valence-electron chi connectivity index (χ3n) is 4.07. The van der Waals surface area contributed by atoms with Crippen LogP contribution in [0.3, 0.4) is 0 Å². The van der Waals surface area contributed by atoms with E-state index >= 15 is 0 Å². The lowest BCUT2D eigenvalue weighted by Gasteiger charge is -2.11. The molecular formula is C20H20Cl2N4O3S. The van der Waals surface area contributed by atoms with Crippen LogP contribution in [0.2, 0.25) is 10.0 Å². The highest BCUT2D eigenvalue weighted by atomic mass is 35.5. The van der Waals surface area contributed by atoms with Crippen molar-refractivity contribution >= 4 is 46.6 Å². The number of rotatable bonds is 9. The molecule has 0 fully saturated rings. The van der Waals surface area contributed by atoms with Gasteiger partial charge in [0.1, 0.15) is 6.61 Å². The largest absolute Gasteiger partial charge is 0.493 e. The summed E-state index contributed by atoms with van der Waals surface area (Å²) in [5, 5.41) is 12.6. The number of thioether (sulfide) groups is 1. The van der Waals surface area contributed by atoms with E-state index in [9.17, 15) is 4.79 Å². The van der Waals surface area contributed by atoms with Gasteiger partial charge < -0.3 is 19.4 Å². The summed E-state index contributed by atoms with van der Waals surface area (Å²) in [6.07, 6.45) is 0. The molecule has 3 rings (SSSR count). The highest BCUT2D eigenvalue weighted by Gasteiger charge is 2.15. The SMILES string of the molecule is CCn1c(COc2ccccc2OC)nnc1SCC(=O)Nc1ccc(Cl)c(Cl)c1. The lowest BCUT2D eigenvalue weighted by Crippen LogP contribution is -2.15. The first-order chi connectivity index (χ1) is 14.5. The number of nitrogens with one attached hydrogen (secondary N) is 1. The Morgan fingerprint density at radius 2 is 1.90 bits per heavy atom. The lowest BCUT2D eigenvalue weighted by atomic mass is 10.3. The number of hydrogen-bond acceptors (Lipinski definition) is 6. The predicted molar refractivity (Wildman–Crippen MR) is 119 cm³/mol. The van der Waals surface area contributed by atoms with E-state index in [1.807, 2.05) is 35.8 Å². The van der Waals surface area contributed by atoms with E-state index in [1.54, 1.807) is 25.3 Å². The standard InChI is InChI=1S/C20H20Cl2N4O3S/c1-3-26-18(11-29-17-7-5-4-6-16(17)28-2)24-25-20(26)30-12-19(27)23-13-8-9-14(21)15(22)10-13/h4-10H,3,11-12H2,1-2H3,(H,23,27). The van der Waals surface area contributed by atoms with Gasteiger partial charge in [-0.05, 0) is 37.3 Å². The third kappa shape index (κ3) is 5.59. The zero-order valence-electron chi connectivity index (χ0n) is 16.4. The number of ether oxygens (including phenoxy) is 2. The van der Waals surface area contributed by atoms with Crippen LogP contribution in [-0.2, 0) is 17.9 Å². The van der Waals surface area contributed by atoms with Gasteiger partial charge in [0.15, 0.2) is 22.5 Å². The highest BCUT2D eigenvalue weighted by Crippen LogP contribution is 2.27. The molecule has 1 heterocycles. The van der Waals surface area contributed by atoms with Crippen LogP contribution >= 0.6 is 35.0 Å². The molecule has 0 aliphatic rings. The molecule has 0 saturated heterocycles. The molecule has 0 spiro atoms. The van der Waals surface area contributed by atoms with Crippen molar-refractivity contribution in [3.63, 3.8) is 0 Å². The fourth-order valence-electron chi connectivity index (χ4n) is 2.63. The van der Waals surface area contributed by atoms with Crippen LogP contribution in [0.4, 0.5) is 5.69 Å². The number of aromatic nitrogens is 3. The van der Waals surface area contributed by atoms with Gasteiger partial charge in [-0.25, -0.2) is 0 Å². The zero-order chi connectivity index (χ0) is 21.5. The van der Waals surface area contributed by atoms with E-state index in [4.69, 9.17) is 32.7 Å². The number of halogens is 2. The van der Waals surface area contributed by atoms with Gasteiger partial charge in [-0.1, -0.05) is 47.1 Å². The molecule has 0 radical (unpaired) electrons. The Bertz CT molecular complexity index is 1030. The minimum atomic E-state index is -0.184. The fraction of sp³-hybridized carbons (Fsp3) is 0.250. The van der Waals surface area contributed by atoms with Crippen molar-refractivity contribution < 1.29 is 14.3 Å². The maximum Gasteiger partial charge on any atom is 0.234 e. The molecule has 0 atom stereocenters. The number of hydrogen-bond donors (Lipinski definition) is 1. The van der Waals surface area contributed by atoms with Crippen molar-refractivity contribution in [1.82, 2.24) is 14.8 Å². The normalized spacial score (nSPS) is 10.7. The minimum Gasteiger partial charge on any atom is -0.493 e. The molecule has 3 aromatic rings. The van der Waals surface area contributed by atoms with Crippen LogP contribution in [0.1, 0.15) is 12.7 Å². The van der Waals surface area contributed by atoms with Gasteiger partial charge in [-0.3, -0.25) is 4.79 Å². The monoisotopic (exact) mass is 466 g/mol. The smallest absolute Gasteiger partial charge is 0.234 e. The van der Waals surface area contributed by atoms with Crippen molar-refractivity contribution in [3.05, 3.63) is 58.3 Å². The Morgan fingerprint density at radius 1 is 1.13 bits per heavy atom. The van der Waals surface area contributed by atoms with Crippen LogP contribution in [0.15, 0.2) is 47.6 Å². The highest BCUT2D eigenvalue weighted by molar-refractivity contribution is 7.99. The van der Waals surface area contributed by atoms with E-state index in [1.165, 1.54) is 11.8 Å². The van der Waals surface area contributed by atoms with E-state index in [-0.39, 0.29) is 18.3 Å². The van der Waals surface area contributed by atoms with E-state index < -0.39 is 0 Å². The average Bonchev–Trinajstić information content (AvgIpc) is 3.15. The number of amides is 1. The summed E-state index contributed by atoms with van der Waals surface area (Å²) in [4.78, 5) is 12.3. The Balaban J connectivity index is 1.59. The molecule has 1 aromatic heterocycles. The molecule has 30 heavy (non-hydrogen) atoms. The van der Waals surface area contributed by atoms with Gasteiger partial charge in [0.2, 0.25) is 5.91 Å². The summed E-state index contributed by atoms with van der Waals surface area (Å²) in [6.45, 7) is 2.86. The van der Waals surface area contributed by atoms with Crippen molar-refractivity contribution in [2.24, 2.45) is 0 Å².